The van der Waals surface area contributed by atoms with Gasteiger partial charge in [-0.2, -0.15) is 0 Å². The van der Waals surface area contributed by atoms with Gasteiger partial charge in [0, 0.05) is 39.3 Å². The van der Waals surface area contributed by atoms with Crippen LogP contribution in [0.15, 0.2) is 0 Å². The third kappa shape index (κ3) is 4.38. The van der Waals surface area contributed by atoms with Crippen molar-refractivity contribution in [1.29, 1.82) is 0 Å². The fourth-order valence-electron chi connectivity index (χ4n) is 2.72. The molecule has 2 amide bonds. The highest BCUT2D eigenvalue weighted by molar-refractivity contribution is 5.74. The van der Waals surface area contributed by atoms with Crippen molar-refractivity contribution < 1.29 is 19.4 Å². The Morgan fingerprint density at radius 3 is 2.63 bits per heavy atom. The Hall–Kier alpha value is -1.30. The second-order valence-corrected chi connectivity index (χ2v) is 5.44. The molecule has 0 saturated carbocycles. The molecule has 1 unspecified atom stereocenters. The molecule has 6 nitrogen and oxygen atoms in total. The molecule has 0 bridgehead atoms. The summed E-state index contributed by atoms with van der Waals surface area (Å²) in [5, 5.41) is 11.7. The number of carboxylic acid groups (broad SMARTS) is 1. The monoisotopic (exact) mass is 270 g/mol. The van der Waals surface area contributed by atoms with Gasteiger partial charge in [-0.05, 0) is 31.1 Å². The second-order valence-electron chi connectivity index (χ2n) is 5.44. The predicted octanol–water partition coefficient (Wildman–Crippen LogP) is 0.919. The molecular weight excluding hydrogens is 248 g/mol. The molecule has 2 saturated heterocycles. The molecule has 19 heavy (non-hydrogen) atoms. The summed E-state index contributed by atoms with van der Waals surface area (Å²) >= 11 is 0. The van der Waals surface area contributed by atoms with Crippen LogP contribution in [-0.2, 0) is 9.53 Å². The lowest BCUT2D eigenvalue weighted by atomic mass is 10.0. The molecule has 2 rings (SSSR count). The molecule has 0 aromatic rings. The molecule has 1 atom stereocenters. The average Bonchev–Trinajstić information content (AvgIpc) is 2.85. The zero-order chi connectivity index (χ0) is 13.7. The maximum absolute atomic E-state index is 12.0. The summed E-state index contributed by atoms with van der Waals surface area (Å²) in [5.74, 6) is -0.170. The van der Waals surface area contributed by atoms with E-state index in [1.165, 1.54) is 0 Å². The molecule has 0 radical (unpaired) electrons. The highest BCUT2D eigenvalue weighted by Crippen LogP contribution is 2.19. The van der Waals surface area contributed by atoms with E-state index in [0.717, 1.165) is 32.5 Å². The maximum Gasteiger partial charge on any atom is 0.317 e. The van der Waals surface area contributed by atoms with Crippen LogP contribution in [0.5, 0.6) is 0 Å². The first kappa shape index (κ1) is 14.1. The van der Waals surface area contributed by atoms with Crippen molar-refractivity contribution in [3.63, 3.8) is 0 Å². The van der Waals surface area contributed by atoms with Crippen LogP contribution in [0.2, 0.25) is 0 Å². The first-order valence-electron chi connectivity index (χ1n) is 6.97. The highest BCUT2D eigenvalue weighted by atomic mass is 16.5. The van der Waals surface area contributed by atoms with E-state index in [0.29, 0.717) is 25.6 Å². The quantitative estimate of drug-likeness (QED) is 0.796. The molecule has 0 aromatic carbocycles. The molecule has 108 valence electrons. The van der Waals surface area contributed by atoms with Crippen LogP contribution >= 0.6 is 0 Å². The van der Waals surface area contributed by atoms with E-state index in [4.69, 9.17) is 9.84 Å². The van der Waals surface area contributed by atoms with Gasteiger partial charge in [0.25, 0.3) is 0 Å². The number of hydrogen-bond donors (Lipinski definition) is 2. The van der Waals surface area contributed by atoms with Gasteiger partial charge in [0.1, 0.15) is 0 Å². The number of hydrogen-bond acceptors (Lipinski definition) is 3. The van der Waals surface area contributed by atoms with E-state index < -0.39 is 5.97 Å². The standard InChI is InChI=1S/C13H22N2O4/c16-12(17)7-11-1-4-15(9-11)13(18)14-8-10-2-5-19-6-3-10/h10-11H,1-9H2,(H,14,18)(H,16,17). The number of amides is 2. The highest BCUT2D eigenvalue weighted by Gasteiger charge is 2.28. The van der Waals surface area contributed by atoms with Crippen LogP contribution in [0.25, 0.3) is 0 Å². The van der Waals surface area contributed by atoms with E-state index in [2.05, 4.69) is 5.32 Å². The maximum atomic E-state index is 12.0. The van der Waals surface area contributed by atoms with Crippen LogP contribution in [0.1, 0.15) is 25.7 Å². The van der Waals surface area contributed by atoms with Gasteiger partial charge < -0.3 is 20.1 Å². The third-order valence-electron chi connectivity index (χ3n) is 3.92. The molecule has 2 heterocycles. The molecule has 6 heteroatoms. The zero-order valence-corrected chi connectivity index (χ0v) is 11.1. The number of nitrogens with zero attached hydrogens (tertiary/aromatic N) is 1. The SMILES string of the molecule is O=C(O)CC1CCN(C(=O)NCC2CCOCC2)C1. The molecule has 2 aliphatic heterocycles. The minimum absolute atomic E-state index is 0.0561. The van der Waals surface area contributed by atoms with Crippen molar-refractivity contribution in [2.45, 2.75) is 25.7 Å². The summed E-state index contributed by atoms with van der Waals surface area (Å²) in [6.07, 6.45) is 2.95. The van der Waals surface area contributed by atoms with E-state index in [9.17, 15) is 9.59 Å². The van der Waals surface area contributed by atoms with Crippen molar-refractivity contribution in [2.24, 2.45) is 11.8 Å². The number of carboxylic acids is 1. The van der Waals surface area contributed by atoms with Gasteiger partial charge in [0.05, 0.1) is 0 Å². The lowest BCUT2D eigenvalue weighted by molar-refractivity contribution is -0.138. The molecule has 0 aliphatic carbocycles. The second kappa shape index (κ2) is 6.75. The van der Waals surface area contributed by atoms with Crippen molar-refractivity contribution >= 4 is 12.0 Å². The Balaban J connectivity index is 1.67. The Bertz CT molecular complexity index is 329. The molecular formula is C13H22N2O4. The number of likely N-dealkylation sites (tertiary alicyclic amines) is 1. The van der Waals surface area contributed by atoms with Gasteiger partial charge in [0.15, 0.2) is 0 Å². The Morgan fingerprint density at radius 1 is 1.21 bits per heavy atom. The van der Waals surface area contributed by atoms with Crippen LogP contribution in [0.4, 0.5) is 4.79 Å². The average molecular weight is 270 g/mol. The Labute approximate surface area is 113 Å². The third-order valence-corrected chi connectivity index (χ3v) is 3.92. The van der Waals surface area contributed by atoms with Gasteiger partial charge in [-0.1, -0.05) is 0 Å². The first-order valence-corrected chi connectivity index (χ1v) is 6.97. The van der Waals surface area contributed by atoms with Crippen molar-refractivity contribution in [3.05, 3.63) is 0 Å². The van der Waals surface area contributed by atoms with E-state index in [1.54, 1.807) is 4.90 Å². The first-order chi connectivity index (χ1) is 9.15. The lowest BCUT2D eigenvalue weighted by Crippen LogP contribution is -2.41. The summed E-state index contributed by atoms with van der Waals surface area (Å²) in [4.78, 5) is 24.3. The number of ether oxygens (including phenoxy) is 1. The van der Waals surface area contributed by atoms with Crippen LogP contribution in [-0.4, -0.2) is 54.9 Å². The molecule has 2 fully saturated rings. The number of rotatable bonds is 4. The predicted molar refractivity (Wildman–Crippen MR) is 68.9 cm³/mol. The summed E-state index contributed by atoms with van der Waals surface area (Å²) in [6, 6.07) is -0.0561. The molecule has 0 aromatic heterocycles. The summed E-state index contributed by atoms with van der Waals surface area (Å²) in [6.45, 7) is 3.49. The van der Waals surface area contributed by atoms with Crippen molar-refractivity contribution in [1.82, 2.24) is 10.2 Å². The fourth-order valence-corrected chi connectivity index (χ4v) is 2.72. The van der Waals surface area contributed by atoms with E-state index >= 15 is 0 Å². The van der Waals surface area contributed by atoms with Gasteiger partial charge >= 0.3 is 12.0 Å². The zero-order valence-electron chi connectivity index (χ0n) is 11.1. The smallest absolute Gasteiger partial charge is 0.317 e. The van der Waals surface area contributed by atoms with Crippen LogP contribution in [0.3, 0.4) is 0 Å². The topological polar surface area (TPSA) is 78.9 Å². The van der Waals surface area contributed by atoms with Crippen LogP contribution < -0.4 is 5.32 Å². The number of nitrogens with one attached hydrogen (secondary N) is 1. The fraction of sp³-hybridized carbons (Fsp3) is 0.846. The number of aliphatic carboxylic acids is 1. The number of carbonyl (C=O) groups is 2. The minimum atomic E-state index is -0.783. The Kier molecular flexibility index (Phi) is 5.01. The molecule has 2 aliphatic rings. The van der Waals surface area contributed by atoms with Gasteiger partial charge in [-0.25, -0.2) is 4.79 Å². The lowest BCUT2D eigenvalue weighted by Gasteiger charge is -2.24. The summed E-state index contributed by atoms with van der Waals surface area (Å²) in [5.41, 5.74) is 0. The minimum Gasteiger partial charge on any atom is -0.481 e. The van der Waals surface area contributed by atoms with Gasteiger partial charge in [-0.3, -0.25) is 4.79 Å². The molecule has 0 spiro atoms. The summed E-state index contributed by atoms with van der Waals surface area (Å²) < 4.78 is 5.28. The molecule has 2 N–H and O–H groups in total. The summed E-state index contributed by atoms with van der Waals surface area (Å²) in [7, 11) is 0. The van der Waals surface area contributed by atoms with E-state index in [1.807, 2.05) is 0 Å². The Morgan fingerprint density at radius 2 is 1.95 bits per heavy atom. The van der Waals surface area contributed by atoms with Crippen molar-refractivity contribution in [3.8, 4) is 0 Å². The van der Waals surface area contributed by atoms with Crippen LogP contribution in [0, 0.1) is 11.8 Å². The number of urea groups is 1. The van der Waals surface area contributed by atoms with Gasteiger partial charge in [-0.15, -0.1) is 0 Å². The largest absolute Gasteiger partial charge is 0.481 e. The number of carbonyl (C=O) groups excluding carboxylic acids is 1. The van der Waals surface area contributed by atoms with E-state index in [-0.39, 0.29) is 18.4 Å². The van der Waals surface area contributed by atoms with Gasteiger partial charge in [0.2, 0.25) is 0 Å². The van der Waals surface area contributed by atoms with Crippen molar-refractivity contribution in [2.75, 3.05) is 32.8 Å². The normalized spacial score (nSPS) is 24.4.